The zero-order chi connectivity index (χ0) is 16.6. The Bertz CT molecular complexity index is 769. The Labute approximate surface area is 140 Å². The van der Waals surface area contributed by atoms with Crippen molar-refractivity contribution in [2.45, 2.75) is 0 Å². The molecule has 0 unspecified atom stereocenters. The average Bonchev–Trinajstić information content (AvgIpc) is 2.64. The van der Waals surface area contributed by atoms with Crippen LogP contribution in [-0.2, 0) is 0 Å². The van der Waals surface area contributed by atoms with E-state index in [2.05, 4.69) is 15.6 Å². The van der Waals surface area contributed by atoms with Crippen LogP contribution in [0.15, 0.2) is 89.9 Å². The number of nitrogens with zero attached hydrogens (tertiary/aromatic N) is 1. The van der Waals surface area contributed by atoms with Crippen LogP contribution in [0.25, 0.3) is 0 Å². The van der Waals surface area contributed by atoms with Crippen LogP contribution < -0.4 is 10.6 Å². The van der Waals surface area contributed by atoms with Crippen molar-refractivity contribution in [1.29, 1.82) is 0 Å². The number of guanidine groups is 1. The van der Waals surface area contributed by atoms with Gasteiger partial charge in [0.25, 0.3) is 0 Å². The number of nitrogens with one attached hydrogen (secondary N) is 2. The van der Waals surface area contributed by atoms with E-state index in [1.807, 2.05) is 72.8 Å². The van der Waals surface area contributed by atoms with E-state index >= 15 is 0 Å². The summed E-state index contributed by atoms with van der Waals surface area (Å²) in [6.45, 7) is 0. The molecule has 4 nitrogen and oxygen atoms in total. The topological polar surface area (TPSA) is 53.5 Å². The SMILES string of the molecule is O=Cc1ccc(N=C(Nc2ccccc2)Nc2ccccc2)cc1. The first-order valence-corrected chi connectivity index (χ1v) is 7.61. The molecule has 0 saturated heterocycles. The molecular formula is C20H17N3O. The molecule has 0 heterocycles. The van der Waals surface area contributed by atoms with Crippen LogP contribution in [0.4, 0.5) is 17.1 Å². The van der Waals surface area contributed by atoms with E-state index in [1.54, 1.807) is 12.1 Å². The largest absolute Gasteiger partial charge is 0.326 e. The van der Waals surface area contributed by atoms with Gasteiger partial charge < -0.3 is 10.6 Å². The standard InChI is InChI=1S/C20H17N3O/c24-15-16-11-13-19(14-12-16)23-20(21-17-7-3-1-4-8-17)22-18-9-5-2-6-10-18/h1-15H,(H2,21,22,23). The summed E-state index contributed by atoms with van der Waals surface area (Å²) in [5, 5.41) is 6.55. The summed E-state index contributed by atoms with van der Waals surface area (Å²) < 4.78 is 0. The minimum atomic E-state index is 0.603. The summed E-state index contributed by atoms with van der Waals surface area (Å²) in [5.74, 6) is 0.603. The van der Waals surface area contributed by atoms with Crippen molar-refractivity contribution in [1.82, 2.24) is 0 Å². The number of rotatable bonds is 4. The monoisotopic (exact) mass is 315 g/mol. The lowest BCUT2D eigenvalue weighted by Crippen LogP contribution is -2.21. The molecule has 0 aliphatic rings. The second-order valence-electron chi connectivity index (χ2n) is 5.15. The van der Waals surface area contributed by atoms with Crippen molar-refractivity contribution < 1.29 is 4.79 Å². The maximum Gasteiger partial charge on any atom is 0.205 e. The second kappa shape index (κ2) is 7.74. The van der Waals surface area contributed by atoms with Crippen molar-refractivity contribution in [3.05, 3.63) is 90.5 Å². The highest BCUT2D eigenvalue weighted by atomic mass is 16.1. The fourth-order valence-corrected chi connectivity index (χ4v) is 2.16. The van der Waals surface area contributed by atoms with Gasteiger partial charge in [-0.25, -0.2) is 4.99 Å². The van der Waals surface area contributed by atoms with Crippen LogP contribution in [0.5, 0.6) is 0 Å². The summed E-state index contributed by atoms with van der Waals surface area (Å²) in [7, 11) is 0. The summed E-state index contributed by atoms with van der Waals surface area (Å²) in [6.07, 6.45) is 0.818. The molecule has 0 aliphatic heterocycles. The number of aliphatic imine (C=N–C) groups is 1. The molecule has 0 aromatic heterocycles. The first kappa shape index (κ1) is 15.5. The van der Waals surface area contributed by atoms with Gasteiger partial charge >= 0.3 is 0 Å². The zero-order valence-electron chi connectivity index (χ0n) is 13.0. The summed E-state index contributed by atoms with van der Waals surface area (Å²) in [5.41, 5.74) is 3.25. The lowest BCUT2D eigenvalue weighted by molar-refractivity contribution is 0.112. The fourth-order valence-electron chi connectivity index (χ4n) is 2.16. The summed E-state index contributed by atoms with van der Waals surface area (Å²) in [4.78, 5) is 15.4. The van der Waals surface area contributed by atoms with Crippen LogP contribution in [0.2, 0.25) is 0 Å². The van der Waals surface area contributed by atoms with Crippen LogP contribution in [-0.4, -0.2) is 12.2 Å². The molecule has 2 N–H and O–H groups in total. The first-order chi connectivity index (χ1) is 11.8. The molecule has 0 amide bonds. The fraction of sp³-hybridized carbons (Fsp3) is 0. The maximum absolute atomic E-state index is 10.8. The van der Waals surface area contributed by atoms with Gasteiger partial charge in [-0.1, -0.05) is 36.4 Å². The number of anilines is 2. The molecule has 0 fully saturated rings. The molecule has 0 spiro atoms. The van der Waals surface area contributed by atoms with Crippen molar-refractivity contribution in [2.24, 2.45) is 4.99 Å². The lowest BCUT2D eigenvalue weighted by Gasteiger charge is -2.12. The Hall–Kier alpha value is -3.40. The first-order valence-electron chi connectivity index (χ1n) is 7.61. The van der Waals surface area contributed by atoms with Gasteiger partial charge in [0.1, 0.15) is 6.29 Å². The Balaban J connectivity index is 1.87. The van der Waals surface area contributed by atoms with Crippen molar-refractivity contribution in [2.75, 3.05) is 10.6 Å². The summed E-state index contributed by atoms with van der Waals surface area (Å²) in [6, 6.07) is 26.8. The lowest BCUT2D eigenvalue weighted by atomic mass is 10.2. The smallest absolute Gasteiger partial charge is 0.205 e. The molecule has 0 saturated carbocycles. The molecule has 0 aliphatic carbocycles. The minimum absolute atomic E-state index is 0.603. The highest BCUT2D eigenvalue weighted by molar-refractivity contribution is 6.04. The number of aldehydes is 1. The summed E-state index contributed by atoms with van der Waals surface area (Å²) >= 11 is 0. The van der Waals surface area contributed by atoms with Crippen molar-refractivity contribution in [3.63, 3.8) is 0 Å². The van der Waals surface area contributed by atoms with Gasteiger partial charge in [-0.2, -0.15) is 0 Å². The predicted octanol–water partition coefficient (Wildman–Crippen LogP) is 4.71. The molecule has 0 atom stereocenters. The van der Waals surface area contributed by atoms with Crippen molar-refractivity contribution >= 4 is 29.3 Å². The van der Waals surface area contributed by atoms with E-state index < -0.39 is 0 Å². The molecule has 0 radical (unpaired) electrons. The molecular weight excluding hydrogens is 298 g/mol. The maximum atomic E-state index is 10.8. The molecule has 0 bridgehead atoms. The number of benzene rings is 3. The molecule has 3 aromatic carbocycles. The van der Waals surface area contributed by atoms with Gasteiger partial charge in [0, 0.05) is 16.9 Å². The average molecular weight is 315 g/mol. The molecule has 3 aromatic rings. The number of para-hydroxylation sites is 2. The number of carbonyl (C=O) groups is 1. The predicted molar refractivity (Wildman–Crippen MR) is 99.1 cm³/mol. The third-order valence-electron chi connectivity index (χ3n) is 3.34. The van der Waals surface area contributed by atoms with Gasteiger partial charge in [0.15, 0.2) is 0 Å². The highest BCUT2D eigenvalue weighted by Gasteiger charge is 2.02. The van der Waals surface area contributed by atoms with Crippen LogP contribution in [0.3, 0.4) is 0 Å². The van der Waals surface area contributed by atoms with Gasteiger partial charge in [0.2, 0.25) is 5.96 Å². The number of hydrogen-bond acceptors (Lipinski definition) is 2. The van der Waals surface area contributed by atoms with E-state index in [9.17, 15) is 4.79 Å². The Morgan fingerprint density at radius 3 is 1.67 bits per heavy atom. The number of hydrogen-bond donors (Lipinski definition) is 2. The molecule has 24 heavy (non-hydrogen) atoms. The normalized spacial score (nSPS) is 9.83. The highest BCUT2D eigenvalue weighted by Crippen LogP contribution is 2.15. The van der Waals surface area contributed by atoms with Crippen molar-refractivity contribution in [3.8, 4) is 0 Å². The quantitative estimate of drug-likeness (QED) is 0.416. The van der Waals surface area contributed by atoms with Gasteiger partial charge in [-0.3, -0.25) is 4.79 Å². The molecule has 118 valence electrons. The number of carbonyl (C=O) groups excluding carboxylic acids is 1. The second-order valence-corrected chi connectivity index (χ2v) is 5.15. The Kier molecular flexibility index (Phi) is 5.00. The van der Waals surface area contributed by atoms with Gasteiger partial charge in [0.05, 0.1) is 5.69 Å². The van der Waals surface area contributed by atoms with Crippen LogP contribution in [0.1, 0.15) is 10.4 Å². The molecule has 3 rings (SSSR count). The van der Waals surface area contributed by atoms with Gasteiger partial charge in [-0.15, -0.1) is 0 Å². The van der Waals surface area contributed by atoms with E-state index in [0.29, 0.717) is 11.5 Å². The van der Waals surface area contributed by atoms with Crippen LogP contribution in [0, 0.1) is 0 Å². The van der Waals surface area contributed by atoms with Crippen LogP contribution >= 0.6 is 0 Å². The van der Waals surface area contributed by atoms with E-state index in [1.165, 1.54) is 0 Å². The zero-order valence-corrected chi connectivity index (χ0v) is 13.0. The van der Waals surface area contributed by atoms with E-state index in [-0.39, 0.29) is 0 Å². The molecule has 4 heteroatoms. The Morgan fingerprint density at radius 1 is 0.708 bits per heavy atom. The van der Waals surface area contributed by atoms with E-state index in [4.69, 9.17) is 0 Å². The third kappa shape index (κ3) is 4.30. The Morgan fingerprint density at radius 2 is 1.21 bits per heavy atom. The van der Waals surface area contributed by atoms with Gasteiger partial charge in [-0.05, 0) is 48.5 Å². The van der Waals surface area contributed by atoms with E-state index in [0.717, 1.165) is 23.3 Å². The minimum Gasteiger partial charge on any atom is -0.326 e. The third-order valence-corrected chi connectivity index (χ3v) is 3.34.